The molecule has 0 fully saturated rings. The van der Waals surface area contributed by atoms with Crippen molar-refractivity contribution in [2.45, 2.75) is 13.3 Å². The largest absolute Gasteiger partial charge is 0.465 e. The second kappa shape index (κ2) is 5.85. The number of allylic oxidation sites excluding steroid dienone is 1. The van der Waals surface area contributed by atoms with Crippen LogP contribution in [0.3, 0.4) is 0 Å². The molecule has 0 saturated heterocycles. The topological polar surface area (TPSA) is 43.4 Å². The minimum absolute atomic E-state index is 0.356. The molecule has 0 saturated carbocycles. The molecule has 16 heavy (non-hydrogen) atoms. The number of aryl methyl sites for hydroxylation is 1. The number of esters is 1. The van der Waals surface area contributed by atoms with Crippen LogP contribution in [-0.4, -0.2) is 19.4 Å². The average Bonchev–Trinajstić information content (AvgIpc) is 2.31. The van der Waals surface area contributed by atoms with Gasteiger partial charge in [0.1, 0.15) is 6.29 Å². The molecule has 0 spiro atoms. The van der Waals surface area contributed by atoms with Crippen LogP contribution >= 0.6 is 0 Å². The number of carbonyl (C=O) groups is 2. The molecule has 0 aliphatic rings. The molecule has 1 rings (SSSR count). The molecule has 1 aromatic rings. The van der Waals surface area contributed by atoms with Crippen molar-refractivity contribution >= 4 is 18.3 Å². The van der Waals surface area contributed by atoms with Gasteiger partial charge in [-0.1, -0.05) is 18.2 Å². The van der Waals surface area contributed by atoms with Crippen molar-refractivity contribution in [3.05, 3.63) is 41.0 Å². The third kappa shape index (κ3) is 3.05. The van der Waals surface area contributed by atoms with Gasteiger partial charge in [0.05, 0.1) is 12.7 Å². The molecule has 0 unspecified atom stereocenters. The summed E-state index contributed by atoms with van der Waals surface area (Å²) in [4.78, 5) is 21.5. The van der Waals surface area contributed by atoms with Crippen LogP contribution in [0.5, 0.6) is 0 Å². The fraction of sp³-hybridized carbons (Fsp3) is 0.231. The molecule has 0 atom stereocenters. The summed E-state index contributed by atoms with van der Waals surface area (Å²) >= 11 is 0. The first-order chi connectivity index (χ1) is 7.69. The molecule has 1 aromatic carbocycles. The molecular formula is C13H14O3. The fourth-order valence-corrected chi connectivity index (χ4v) is 1.32. The number of rotatable bonds is 4. The number of ether oxygens (including phenoxy) is 1. The van der Waals surface area contributed by atoms with Gasteiger partial charge in [0.25, 0.3) is 0 Å². The highest BCUT2D eigenvalue weighted by Crippen LogP contribution is 2.14. The summed E-state index contributed by atoms with van der Waals surface area (Å²) in [6.45, 7) is 1.95. The summed E-state index contributed by atoms with van der Waals surface area (Å²) in [5.41, 5.74) is 2.48. The van der Waals surface area contributed by atoms with Crippen LogP contribution in [0.1, 0.15) is 27.9 Å². The van der Waals surface area contributed by atoms with Crippen LogP contribution < -0.4 is 0 Å². The Morgan fingerprint density at radius 3 is 2.81 bits per heavy atom. The number of benzene rings is 1. The van der Waals surface area contributed by atoms with Gasteiger partial charge in [0.15, 0.2) is 0 Å². The monoisotopic (exact) mass is 218 g/mol. The smallest absolute Gasteiger partial charge is 0.337 e. The maximum atomic E-state index is 11.3. The first-order valence-electron chi connectivity index (χ1n) is 4.98. The van der Waals surface area contributed by atoms with Crippen molar-refractivity contribution in [1.82, 2.24) is 0 Å². The van der Waals surface area contributed by atoms with Crippen LogP contribution in [0.2, 0.25) is 0 Å². The van der Waals surface area contributed by atoms with Crippen molar-refractivity contribution in [2.75, 3.05) is 7.11 Å². The molecule has 0 heterocycles. The van der Waals surface area contributed by atoms with Gasteiger partial charge in [-0.15, -0.1) is 0 Å². The lowest BCUT2D eigenvalue weighted by Gasteiger charge is -2.03. The average molecular weight is 218 g/mol. The van der Waals surface area contributed by atoms with Gasteiger partial charge >= 0.3 is 5.97 Å². The zero-order chi connectivity index (χ0) is 12.0. The van der Waals surface area contributed by atoms with E-state index in [1.807, 2.05) is 19.1 Å². The zero-order valence-electron chi connectivity index (χ0n) is 9.40. The van der Waals surface area contributed by atoms with Gasteiger partial charge in [-0.05, 0) is 30.2 Å². The second-order valence-corrected chi connectivity index (χ2v) is 3.37. The lowest BCUT2D eigenvalue weighted by atomic mass is 10.0. The van der Waals surface area contributed by atoms with E-state index in [4.69, 9.17) is 0 Å². The second-order valence-electron chi connectivity index (χ2n) is 3.37. The summed E-state index contributed by atoms with van der Waals surface area (Å²) in [5.74, 6) is -0.356. The maximum Gasteiger partial charge on any atom is 0.337 e. The molecule has 0 radical (unpaired) electrons. The van der Waals surface area contributed by atoms with E-state index < -0.39 is 0 Å². The third-order valence-electron chi connectivity index (χ3n) is 2.23. The molecule has 0 bridgehead atoms. The fourth-order valence-electron chi connectivity index (χ4n) is 1.32. The summed E-state index contributed by atoms with van der Waals surface area (Å²) < 4.78 is 4.64. The van der Waals surface area contributed by atoms with E-state index in [-0.39, 0.29) is 5.97 Å². The number of hydrogen-bond acceptors (Lipinski definition) is 3. The number of hydrogen-bond donors (Lipinski definition) is 0. The highest BCUT2D eigenvalue weighted by atomic mass is 16.5. The van der Waals surface area contributed by atoms with Crippen LogP contribution in [-0.2, 0) is 9.53 Å². The Labute approximate surface area is 94.7 Å². The minimum Gasteiger partial charge on any atom is -0.465 e. The Morgan fingerprint density at radius 1 is 1.44 bits per heavy atom. The summed E-state index contributed by atoms with van der Waals surface area (Å²) in [7, 11) is 1.35. The van der Waals surface area contributed by atoms with Gasteiger partial charge in [-0.3, -0.25) is 0 Å². The summed E-state index contributed by atoms with van der Waals surface area (Å²) in [6.07, 6.45) is 4.80. The Balaban J connectivity index is 2.99. The SMILES string of the molecule is COC(=O)c1ccc(C)c(C=CCC=O)c1. The molecule has 3 heteroatoms. The Hall–Kier alpha value is -1.90. The van der Waals surface area contributed by atoms with E-state index in [9.17, 15) is 9.59 Å². The number of carbonyl (C=O) groups excluding carboxylic acids is 2. The highest BCUT2D eigenvalue weighted by molar-refractivity contribution is 5.90. The lowest BCUT2D eigenvalue weighted by molar-refractivity contribution is -0.107. The molecule has 84 valence electrons. The third-order valence-corrected chi connectivity index (χ3v) is 2.23. The van der Waals surface area contributed by atoms with Crippen LogP contribution in [0.15, 0.2) is 24.3 Å². The predicted octanol–water partition coefficient (Wildman–Crippen LogP) is 2.38. The summed E-state index contributed by atoms with van der Waals surface area (Å²) in [5, 5.41) is 0. The van der Waals surface area contributed by atoms with Crippen molar-refractivity contribution in [3.8, 4) is 0 Å². The normalized spacial score (nSPS) is 10.4. The molecule has 0 aliphatic carbocycles. The number of methoxy groups -OCH3 is 1. The molecule has 0 aliphatic heterocycles. The Morgan fingerprint density at radius 2 is 2.19 bits per heavy atom. The zero-order valence-corrected chi connectivity index (χ0v) is 9.40. The van der Waals surface area contributed by atoms with Crippen molar-refractivity contribution < 1.29 is 14.3 Å². The molecule has 0 amide bonds. The minimum atomic E-state index is -0.356. The molecule has 3 nitrogen and oxygen atoms in total. The Bertz CT molecular complexity index is 419. The van der Waals surface area contributed by atoms with Gasteiger partial charge < -0.3 is 9.53 Å². The van der Waals surface area contributed by atoms with E-state index in [1.165, 1.54) is 7.11 Å². The van der Waals surface area contributed by atoms with E-state index in [2.05, 4.69) is 4.74 Å². The quantitative estimate of drug-likeness (QED) is 0.575. The predicted molar refractivity (Wildman–Crippen MR) is 62.2 cm³/mol. The standard InChI is InChI=1S/C13H14O3/c1-10-6-7-12(13(15)16-2)9-11(10)5-3-4-8-14/h3,5-9H,4H2,1-2H3. The van der Waals surface area contributed by atoms with Crippen molar-refractivity contribution in [2.24, 2.45) is 0 Å². The molecule has 0 aromatic heterocycles. The van der Waals surface area contributed by atoms with E-state index in [0.717, 1.165) is 17.4 Å². The molecule has 0 N–H and O–H groups in total. The van der Waals surface area contributed by atoms with E-state index in [0.29, 0.717) is 12.0 Å². The number of aldehydes is 1. The van der Waals surface area contributed by atoms with Crippen LogP contribution in [0.4, 0.5) is 0 Å². The summed E-state index contributed by atoms with van der Waals surface area (Å²) in [6, 6.07) is 5.33. The van der Waals surface area contributed by atoms with Gasteiger partial charge in [-0.2, -0.15) is 0 Å². The first kappa shape index (κ1) is 12.2. The van der Waals surface area contributed by atoms with Gasteiger partial charge in [-0.25, -0.2) is 4.79 Å². The Kier molecular flexibility index (Phi) is 4.45. The van der Waals surface area contributed by atoms with E-state index >= 15 is 0 Å². The molecular weight excluding hydrogens is 204 g/mol. The van der Waals surface area contributed by atoms with Gasteiger partial charge in [0.2, 0.25) is 0 Å². The van der Waals surface area contributed by atoms with Crippen LogP contribution in [0.25, 0.3) is 6.08 Å². The van der Waals surface area contributed by atoms with Gasteiger partial charge in [0, 0.05) is 6.42 Å². The maximum absolute atomic E-state index is 11.3. The van der Waals surface area contributed by atoms with E-state index in [1.54, 1.807) is 18.2 Å². The highest BCUT2D eigenvalue weighted by Gasteiger charge is 2.06. The van der Waals surface area contributed by atoms with Crippen molar-refractivity contribution in [1.29, 1.82) is 0 Å². The van der Waals surface area contributed by atoms with Crippen LogP contribution in [0, 0.1) is 6.92 Å². The lowest BCUT2D eigenvalue weighted by Crippen LogP contribution is -2.01. The first-order valence-corrected chi connectivity index (χ1v) is 4.98. The van der Waals surface area contributed by atoms with Crippen molar-refractivity contribution in [3.63, 3.8) is 0 Å².